The number of carbonyl (C=O) groups excluding carboxylic acids is 3. The zero-order valence-corrected chi connectivity index (χ0v) is 19.5. The normalized spacial score (nSPS) is 15.4. The van der Waals surface area contributed by atoms with Gasteiger partial charge in [-0.25, -0.2) is 9.69 Å². The van der Waals surface area contributed by atoms with Crippen LogP contribution in [0.15, 0.2) is 90.6 Å². The number of urea groups is 1. The van der Waals surface area contributed by atoms with E-state index >= 15 is 0 Å². The number of imide groups is 2. The number of halogens is 1. The molecule has 2 heterocycles. The van der Waals surface area contributed by atoms with Crippen molar-refractivity contribution in [2.75, 3.05) is 4.90 Å². The standard InChI is InChI=1S/C26H18IN3O3/c27-19-10-12-20(13-11-19)30-25(32)22(24(31)28-26(30)33)14-18-16-29(15-17-6-2-1-3-7-17)23-9-5-4-8-21(18)23/h1-14,16H,15H2,(H,28,31,33)/b22-14-. The molecule has 0 radical (unpaired) electrons. The monoisotopic (exact) mass is 547 g/mol. The number of carbonyl (C=O) groups is 3. The van der Waals surface area contributed by atoms with Gasteiger partial charge in [0.2, 0.25) is 0 Å². The van der Waals surface area contributed by atoms with E-state index in [0.717, 1.165) is 30.5 Å². The third-order valence-electron chi connectivity index (χ3n) is 5.50. The molecule has 4 amide bonds. The van der Waals surface area contributed by atoms with Gasteiger partial charge in [-0.05, 0) is 64.6 Å². The van der Waals surface area contributed by atoms with Crippen molar-refractivity contribution in [1.29, 1.82) is 0 Å². The fourth-order valence-corrected chi connectivity index (χ4v) is 4.30. The van der Waals surface area contributed by atoms with Gasteiger partial charge in [-0.15, -0.1) is 0 Å². The minimum atomic E-state index is -0.755. The van der Waals surface area contributed by atoms with Gasteiger partial charge < -0.3 is 4.57 Å². The van der Waals surface area contributed by atoms with Crippen molar-refractivity contribution in [3.8, 4) is 0 Å². The molecule has 0 spiro atoms. The topological polar surface area (TPSA) is 71.4 Å². The van der Waals surface area contributed by atoms with Crippen molar-refractivity contribution in [1.82, 2.24) is 9.88 Å². The maximum atomic E-state index is 13.2. The summed E-state index contributed by atoms with van der Waals surface area (Å²) in [5, 5.41) is 3.20. The third-order valence-corrected chi connectivity index (χ3v) is 6.22. The molecule has 7 heteroatoms. The van der Waals surface area contributed by atoms with Gasteiger partial charge in [0.15, 0.2) is 0 Å². The van der Waals surface area contributed by atoms with Gasteiger partial charge in [-0.2, -0.15) is 0 Å². The Balaban J connectivity index is 1.57. The number of rotatable bonds is 4. The Hall–Kier alpha value is -3.72. The number of hydrogen-bond acceptors (Lipinski definition) is 3. The summed E-state index contributed by atoms with van der Waals surface area (Å²) < 4.78 is 3.06. The average Bonchev–Trinajstić information content (AvgIpc) is 3.16. The summed E-state index contributed by atoms with van der Waals surface area (Å²) in [6.07, 6.45) is 3.49. The number of amides is 4. The zero-order chi connectivity index (χ0) is 22.9. The van der Waals surface area contributed by atoms with Crippen LogP contribution in [0.1, 0.15) is 11.1 Å². The number of anilines is 1. The summed E-state index contributed by atoms with van der Waals surface area (Å²) in [5.74, 6) is -1.35. The van der Waals surface area contributed by atoms with Crippen molar-refractivity contribution >= 4 is 63.1 Å². The highest BCUT2D eigenvalue weighted by Crippen LogP contribution is 2.27. The van der Waals surface area contributed by atoms with Crippen LogP contribution in [0, 0.1) is 3.57 Å². The minimum absolute atomic E-state index is 0.0873. The number of para-hydroxylation sites is 1. The van der Waals surface area contributed by atoms with Crippen LogP contribution in [0.4, 0.5) is 10.5 Å². The first-order chi connectivity index (χ1) is 16.0. The zero-order valence-electron chi connectivity index (χ0n) is 17.4. The van der Waals surface area contributed by atoms with Crippen molar-refractivity contribution in [3.05, 3.63) is 105 Å². The van der Waals surface area contributed by atoms with Gasteiger partial charge >= 0.3 is 6.03 Å². The van der Waals surface area contributed by atoms with Gasteiger partial charge in [0.25, 0.3) is 11.8 Å². The summed E-state index contributed by atoms with van der Waals surface area (Å²) in [4.78, 5) is 39.3. The van der Waals surface area contributed by atoms with Gasteiger partial charge in [0, 0.05) is 32.8 Å². The van der Waals surface area contributed by atoms with Crippen LogP contribution in [-0.4, -0.2) is 22.4 Å². The Labute approximate surface area is 203 Å². The van der Waals surface area contributed by atoms with Crippen molar-refractivity contribution in [2.24, 2.45) is 0 Å². The van der Waals surface area contributed by atoms with E-state index in [-0.39, 0.29) is 5.57 Å². The SMILES string of the molecule is O=C1NC(=O)N(c2ccc(I)cc2)C(=O)/C1=C\c1cn(Cc2ccccc2)c2ccccc12. The highest BCUT2D eigenvalue weighted by Gasteiger charge is 2.37. The predicted octanol–water partition coefficient (Wildman–Crippen LogP) is 4.96. The Morgan fingerprint density at radius 1 is 0.848 bits per heavy atom. The van der Waals surface area contributed by atoms with Gasteiger partial charge in [-0.1, -0.05) is 48.5 Å². The lowest BCUT2D eigenvalue weighted by Gasteiger charge is -2.26. The van der Waals surface area contributed by atoms with Gasteiger partial charge in [0.1, 0.15) is 5.57 Å². The Morgan fingerprint density at radius 2 is 1.55 bits per heavy atom. The van der Waals surface area contributed by atoms with Crippen LogP contribution in [0.5, 0.6) is 0 Å². The third kappa shape index (κ3) is 4.07. The number of fused-ring (bicyclic) bond motifs is 1. The number of nitrogens with one attached hydrogen (secondary N) is 1. The Bertz CT molecular complexity index is 1420. The van der Waals surface area contributed by atoms with Crippen LogP contribution in [0.25, 0.3) is 17.0 Å². The van der Waals surface area contributed by atoms with Crippen molar-refractivity contribution in [2.45, 2.75) is 6.54 Å². The molecule has 1 aromatic heterocycles. The second kappa shape index (κ2) is 8.67. The van der Waals surface area contributed by atoms with E-state index in [1.807, 2.05) is 48.7 Å². The molecule has 1 aliphatic heterocycles. The molecule has 0 atom stereocenters. The molecule has 4 aromatic rings. The molecule has 162 valence electrons. The largest absolute Gasteiger partial charge is 0.342 e. The number of benzene rings is 3. The molecule has 0 bridgehead atoms. The predicted molar refractivity (Wildman–Crippen MR) is 136 cm³/mol. The highest BCUT2D eigenvalue weighted by atomic mass is 127. The molecule has 1 fully saturated rings. The number of aromatic nitrogens is 1. The summed E-state index contributed by atoms with van der Waals surface area (Å²) in [5.41, 5.74) is 3.18. The summed E-state index contributed by atoms with van der Waals surface area (Å²) in [6, 6.07) is 24.1. The van der Waals surface area contributed by atoms with E-state index in [4.69, 9.17) is 0 Å². The van der Waals surface area contributed by atoms with E-state index in [1.165, 1.54) is 0 Å². The molecule has 6 nitrogen and oxygen atoms in total. The molecule has 0 aliphatic carbocycles. The molecule has 5 rings (SSSR count). The molecule has 0 saturated carbocycles. The lowest BCUT2D eigenvalue weighted by molar-refractivity contribution is -0.122. The quantitative estimate of drug-likeness (QED) is 0.223. The fraction of sp³-hybridized carbons (Fsp3) is 0.0385. The van der Waals surface area contributed by atoms with E-state index in [2.05, 4.69) is 44.6 Å². The van der Waals surface area contributed by atoms with E-state index in [9.17, 15) is 14.4 Å². The summed E-state index contributed by atoms with van der Waals surface area (Å²) >= 11 is 2.15. The second-order valence-corrected chi connectivity index (χ2v) is 8.89. The van der Waals surface area contributed by atoms with Crippen molar-refractivity contribution < 1.29 is 14.4 Å². The first kappa shape index (κ1) is 21.1. The first-order valence-corrected chi connectivity index (χ1v) is 11.4. The van der Waals surface area contributed by atoms with Crippen LogP contribution in [-0.2, 0) is 16.1 Å². The van der Waals surface area contributed by atoms with E-state index in [0.29, 0.717) is 12.2 Å². The van der Waals surface area contributed by atoms with Gasteiger partial charge in [-0.3, -0.25) is 14.9 Å². The number of hydrogen-bond donors (Lipinski definition) is 1. The van der Waals surface area contributed by atoms with Crippen LogP contribution >= 0.6 is 22.6 Å². The molecule has 1 N–H and O–H groups in total. The summed E-state index contributed by atoms with van der Waals surface area (Å²) in [6.45, 7) is 0.651. The number of nitrogens with zero attached hydrogens (tertiary/aromatic N) is 2. The van der Waals surface area contributed by atoms with E-state index < -0.39 is 17.8 Å². The minimum Gasteiger partial charge on any atom is -0.342 e. The second-order valence-electron chi connectivity index (χ2n) is 7.65. The molecule has 1 aliphatic rings. The van der Waals surface area contributed by atoms with Crippen LogP contribution < -0.4 is 10.2 Å². The van der Waals surface area contributed by atoms with E-state index in [1.54, 1.807) is 30.3 Å². The Kier molecular flexibility index (Phi) is 5.55. The maximum Gasteiger partial charge on any atom is 0.335 e. The Morgan fingerprint density at radius 3 is 2.30 bits per heavy atom. The molecule has 3 aromatic carbocycles. The lowest BCUT2D eigenvalue weighted by atomic mass is 10.1. The molecule has 33 heavy (non-hydrogen) atoms. The molecular formula is C26H18IN3O3. The fourth-order valence-electron chi connectivity index (χ4n) is 3.94. The van der Waals surface area contributed by atoms with Gasteiger partial charge in [0.05, 0.1) is 5.69 Å². The summed E-state index contributed by atoms with van der Waals surface area (Å²) in [7, 11) is 0. The molecule has 1 saturated heterocycles. The van der Waals surface area contributed by atoms with Crippen LogP contribution in [0.2, 0.25) is 0 Å². The van der Waals surface area contributed by atoms with Crippen LogP contribution in [0.3, 0.4) is 0 Å². The van der Waals surface area contributed by atoms with Crippen molar-refractivity contribution in [3.63, 3.8) is 0 Å². The lowest BCUT2D eigenvalue weighted by Crippen LogP contribution is -2.54. The maximum absolute atomic E-state index is 13.2. The first-order valence-electron chi connectivity index (χ1n) is 10.3. The molecule has 0 unspecified atom stereocenters. The highest BCUT2D eigenvalue weighted by molar-refractivity contribution is 14.1. The number of barbiturate groups is 1. The molecular weight excluding hydrogens is 529 g/mol. The average molecular weight is 547 g/mol. The smallest absolute Gasteiger partial charge is 0.335 e.